The maximum Gasteiger partial charge on any atom is 0.126 e. The lowest BCUT2D eigenvalue weighted by atomic mass is 10.0. The van der Waals surface area contributed by atoms with E-state index in [1.54, 1.807) is 19.1 Å². The molecule has 1 rings (SSSR count). The predicted molar refractivity (Wildman–Crippen MR) is 57.8 cm³/mol. The van der Waals surface area contributed by atoms with Gasteiger partial charge in [0.1, 0.15) is 5.82 Å². The van der Waals surface area contributed by atoms with Crippen molar-refractivity contribution in [1.29, 1.82) is 0 Å². The molecule has 76 valence electrons. The van der Waals surface area contributed by atoms with Gasteiger partial charge in [0.2, 0.25) is 0 Å². The fourth-order valence-corrected chi connectivity index (χ4v) is 1.41. The Bertz CT molecular complexity index is 320. The summed E-state index contributed by atoms with van der Waals surface area (Å²) in [4.78, 5) is 0. The molecule has 1 aromatic rings. The van der Waals surface area contributed by atoms with E-state index in [0.717, 1.165) is 12.0 Å². The molecule has 0 saturated carbocycles. The van der Waals surface area contributed by atoms with E-state index in [2.05, 4.69) is 11.9 Å². The number of hydrogen-bond donors (Lipinski definition) is 1. The summed E-state index contributed by atoms with van der Waals surface area (Å²) in [5.41, 5.74) is 1.65. The van der Waals surface area contributed by atoms with E-state index in [9.17, 15) is 4.39 Å². The standard InChI is InChI=1S/C12H16FN/c1-4-5-12(14-3)10-7-6-9(2)11(13)8-10/h4,6-8,12,14H,1,5H2,2-3H3. The lowest BCUT2D eigenvalue weighted by Crippen LogP contribution is -2.15. The first-order valence-electron chi connectivity index (χ1n) is 4.73. The van der Waals surface area contributed by atoms with E-state index in [1.165, 1.54) is 0 Å². The summed E-state index contributed by atoms with van der Waals surface area (Å²) in [6, 6.07) is 5.49. The van der Waals surface area contributed by atoms with Gasteiger partial charge in [-0.15, -0.1) is 6.58 Å². The summed E-state index contributed by atoms with van der Waals surface area (Å²) >= 11 is 0. The lowest BCUT2D eigenvalue weighted by Gasteiger charge is -2.14. The molecular weight excluding hydrogens is 177 g/mol. The molecule has 1 N–H and O–H groups in total. The van der Waals surface area contributed by atoms with E-state index < -0.39 is 0 Å². The highest BCUT2D eigenvalue weighted by atomic mass is 19.1. The Morgan fingerprint density at radius 3 is 2.79 bits per heavy atom. The zero-order valence-electron chi connectivity index (χ0n) is 8.68. The summed E-state index contributed by atoms with van der Waals surface area (Å²) < 4.78 is 13.3. The van der Waals surface area contributed by atoms with Crippen molar-refractivity contribution in [3.8, 4) is 0 Å². The van der Waals surface area contributed by atoms with Crippen molar-refractivity contribution < 1.29 is 4.39 Å². The maximum atomic E-state index is 13.3. The smallest absolute Gasteiger partial charge is 0.126 e. The van der Waals surface area contributed by atoms with Gasteiger partial charge in [0.05, 0.1) is 0 Å². The van der Waals surface area contributed by atoms with Crippen LogP contribution in [0.15, 0.2) is 30.9 Å². The van der Waals surface area contributed by atoms with E-state index >= 15 is 0 Å². The Hall–Kier alpha value is -1.15. The van der Waals surface area contributed by atoms with Crippen molar-refractivity contribution in [1.82, 2.24) is 5.32 Å². The largest absolute Gasteiger partial charge is 0.313 e. The van der Waals surface area contributed by atoms with E-state index in [-0.39, 0.29) is 11.9 Å². The minimum absolute atomic E-state index is 0.146. The number of halogens is 1. The Morgan fingerprint density at radius 2 is 2.29 bits per heavy atom. The van der Waals surface area contributed by atoms with E-state index in [4.69, 9.17) is 0 Å². The molecule has 2 heteroatoms. The number of rotatable bonds is 4. The average molecular weight is 193 g/mol. The van der Waals surface area contributed by atoms with Gasteiger partial charge >= 0.3 is 0 Å². The molecule has 1 aromatic carbocycles. The normalized spacial score (nSPS) is 12.5. The minimum Gasteiger partial charge on any atom is -0.313 e. The first-order valence-corrected chi connectivity index (χ1v) is 4.73. The molecule has 14 heavy (non-hydrogen) atoms. The molecule has 1 unspecified atom stereocenters. The van der Waals surface area contributed by atoms with Crippen molar-refractivity contribution in [2.45, 2.75) is 19.4 Å². The molecule has 1 atom stereocenters. The predicted octanol–water partition coefficient (Wildman–Crippen LogP) is 2.97. The Kier molecular flexibility index (Phi) is 3.84. The second-order valence-electron chi connectivity index (χ2n) is 3.37. The van der Waals surface area contributed by atoms with Crippen LogP contribution >= 0.6 is 0 Å². The second-order valence-corrected chi connectivity index (χ2v) is 3.37. The highest BCUT2D eigenvalue weighted by molar-refractivity contribution is 5.26. The molecule has 1 nitrogen and oxygen atoms in total. The molecule has 0 saturated heterocycles. The molecule has 0 aromatic heterocycles. The second kappa shape index (κ2) is 4.91. The topological polar surface area (TPSA) is 12.0 Å². The number of benzene rings is 1. The Morgan fingerprint density at radius 1 is 1.57 bits per heavy atom. The van der Waals surface area contributed by atoms with Gasteiger partial charge in [-0.1, -0.05) is 18.2 Å². The SMILES string of the molecule is C=CCC(NC)c1ccc(C)c(F)c1. The number of nitrogens with one attached hydrogen (secondary N) is 1. The van der Waals surface area contributed by atoms with Gasteiger partial charge in [0, 0.05) is 6.04 Å². The van der Waals surface area contributed by atoms with Crippen molar-refractivity contribution >= 4 is 0 Å². The molecule has 0 amide bonds. The van der Waals surface area contributed by atoms with Crippen molar-refractivity contribution in [3.63, 3.8) is 0 Å². The fraction of sp³-hybridized carbons (Fsp3) is 0.333. The van der Waals surface area contributed by atoms with Crippen LogP contribution in [0, 0.1) is 12.7 Å². The minimum atomic E-state index is -0.146. The molecule has 0 aliphatic carbocycles. The van der Waals surface area contributed by atoms with E-state index in [0.29, 0.717) is 5.56 Å². The average Bonchev–Trinajstić information content (AvgIpc) is 2.19. The third-order valence-corrected chi connectivity index (χ3v) is 2.35. The summed E-state index contributed by atoms with van der Waals surface area (Å²) in [5.74, 6) is -0.146. The first kappa shape index (κ1) is 10.9. The van der Waals surface area contributed by atoms with Crippen LogP contribution in [0.1, 0.15) is 23.6 Å². The van der Waals surface area contributed by atoms with Gasteiger partial charge in [-0.25, -0.2) is 4.39 Å². The lowest BCUT2D eigenvalue weighted by molar-refractivity contribution is 0.582. The molecule has 0 bridgehead atoms. The third kappa shape index (κ3) is 2.42. The fourth-order valence-electron chi connectivity index (χ4n) is 1.41. The molecule has 0 heterocycles. The van der Waals surface area contributed by atoms with Gasteiger partial charge in [0.25, 0.3) is 0 Å². The van der Waals surface area contributed by atoms with Crippen LogP contribution in [0.5, 0.6) is 0 Å². The molecule has 0 radical (unpaired) electrons. The molecule has 0 fully saturated rings. The van der Waals surface area contributed by atoms with Gasteiger partial charge in [-0.2, -0.15) is 0 Å². The van der Waals surface area contributed by atoms with E-state index in [1.807, 2.05) is 19.2 Å². The Labute approximate surface area is 84.6 Å². The van der Waals surface area contributed by atoms with Crippen LogP contribution in [0.3, 0.4) is 0 Å². The summed E-state index contributed by atoms with van der Waals surface area (Å²) in [7, 11) is 1.87. The first-order chi connectivity index (χ1) is 6.69. The zero-order valence-corrected chi connectivity index (χ0v) is 8.68. The van der Waals surface area contributed by atoms with Gasteiger partial charge in [-0.3, -0.25) is 0 Å². The van der Waals surface area contributed by atoms with Crippen LogP contribution in [0.25, 0.3) is 0 Å². The van der Waals surface area contributed by atoms with Crippen LogP contribution in [0.4, 0.5) is 4.39 Å². The molecule has 0 aliphatic rings. The van der Waals surface area contributed by atoms with Gasteiger partial charge < -0.3 is 5.32 Å². The van der Waals surface area contributed by atoms with Crippen molar-refractivity contribution in [3.05, 3.63) is 47.8 Å². The highest BCUT2D eigenvalue weighted by Crippen LogP contribution is 2.19. The summed E-state index contributed by atoms with van der Waals surface area (Å²) in [6.07, 6.45) is 2.64. The molecule has 0 spiro atoms. The monoisotopic (exact) mass is 193 g/mol. The van der Waals surface area contributed by atoms with Crippen LogP contribution in [-0.2, 0) is 0 Å². The van der Waals surface area contributed by atoms with Crippen LogP contribution < -0.4 is 5.32 Å². The van der Waals surface area contributed by atoms with Crippen molar-refractivity contribution in [2.75, 3.05) is 7.05 Å². The molecule has 0 aliphatic heterocycles. The number of aryl methyl sites for hydroxylation is 1. The van der Waals surface area contributed by atoms with Gasteiger partial charge in [-0.05, 0) is 37.6 Å². The maximum absolute atomic E-state index is 13.3. The van der Waals surface area contributed by atoms with Gasteiger partial charge in [0.15, 0.2) is 0 Å². The summed E-state index contributed by atoms with van der Waals surface area (Å²) in [5, 5.41) is 3.13. The highest BCUT2D eigenvalue weighted by Gasteiger charge is 2.08. The quantitative estimate of drug-likeness (QED) is 0.725. The van der Waals surface area contributed by atoms with Crippen molar-refractivity contribution in [2.24, 2.45) is 0 Å². The zero-order chi connectivity index (χ0) is 10.6. The summed E-state index contributed by atoms with van der Waals surface area (Å²) in [6.45, 7) is 5.45. The number of hydrogen-bond acceptors (Lipinski definition) is 1. The third-order valence-electron chi connectivity index (χ3n) is 2.35. The molecular formula is C12H16FN. The van der Waals surface area contributed by atoms with Crippen LogP contribution in [-0.4, -0.2) is 7.05 Å². The Balaban J connectivity index is 2.93. The van der Waals surface area contributed by atoms with Crippen LogP contribution in [0.2, 0.25) is 0 Å².